The Bertz CT molecular complexity index is 449. The van der Waals surface area contributed by atoms with E-state index in [2.05, 4.69) is 47.1 Å². The van der Waals surface area contributed by atoms with Crippen LogP contribution in [0.3, 0.4) is 0 Å². The summed E-state index contributed by atoms with van der Waals surface area (Å²) in [7, 11) is 5.02. The van der Waals surface area contributed by atoms with Crippen molar-refractivity contribution in [1.82, 2.24) is 0 Å². The second-order valence-corrected chi connectivity index (χ2v) is 7.52. The summed E-state index contributed by atoms with van der Waals surface area (Å²) >= 11 is 3.50. The van der Waals surface area contributed by atoms with Gasteiger partial charge in [0.25, 0.3) is 5.97 Å². The minimum absolute atomic E-state index is 0.213. The van der Waals surface area contributed by atoms with E-state index in [4.69, 9.17) is 14.2 Å². The molecular formula is C22H37BrO3. The van der Waals surface area contributed by atoms with Crippen LogP contribution in [-0.4, -0.2) is 27.3 Å². The Balaban J connectivity index is 2.63. The summed E-state index contributed by atoms with van der Waals surface area (Å²) in [5.41, 5.74) is 2.65. The third kappa shape index (κ3) is 7.67. The van der Waals surface area contributed by atoms with Gasteiger partial charge in [-0.3, -0.25) is 0 Å². The largest absolute Gasteiger partial charge is 0.331 e. The number of halogens is 1. The lowest BCUT2D eigenvalue weighted by Gasteiger charge is -2.36. The van der Waals surface area contributed by atoms with Crippen LogP contribution < -0.4 is 0 Å². The van der Waals surface area contributed by atoms with Gasteiger partial charge in [0.05, 0.1) is 0 Å². The van der Waals surface area contributed by atoms with Gasteiger partial charge in [-0.1, -0.05) is 85.6 Å². The number of aryl methyl sites for hydroxylation is 1. The first kappa shape index (κ1) is 23.6. The molecule has 0 spiro atoms. The van der Waals surface area contributed by atoms with E-state index in [1.807, 2.05) is 0 Å². The topological polar surface area (TPSA) is 27.7 Å². The fourth-order valence-electron chi connectivity index (χ4n) is 3.55. The Hall–Kier alpha value is -0.420. The van der Waals surface area contributed by atoms with Crippen molar-refractivity contribution in [2.45, 2.75) is 76.0 Å². The summed E-state index contributed by atoms with van der Waals surface area (Å²) in [6.45, 7) is 2.25. The van der Waals surface area contributed by atoms with Crippen molar-refractivity contribution in [2.24, 2.45) is 5.92 Å². The summed E-state index contributed by atoms with van der Waals surface area (Å²) in [5, 5.41) is 0.897. The highest BCUT2D eigenvalue weighted by Gasteiger charge is 2.39. The molecule has 0 N–H and O–H groups in total. The van der Waals surface area contributed by atoms with Crippen molar-refractivity contribution in [3.8, 4) is 0 Å². The number of alkyl halides is 1. The van der Waals surface area contributed by atoms with E-state index < -0.39 is 5.97 Å². The number of ether oxygens (including phenoxy) is 3. The number of hydrogen-bond donors (Lipinski definition) is 0. The van der Waals surface area contributed by atoms with Gasteiger partial charge < -0.3 is 14.2 Å². The average molecular weight is 429 g/mol. The fourth-order valence-corrected chi connectivity index (χ4v) is 3.93. The van der Waals surface area contributed by atoms with Gasteiger partial charge in [0, 0.05) is 32.6 Å². The first-order chi connectivity index (χ1) is 12.7. The van der Waals surface area contributed by atoms with Crippen LogP contribution in [0.25, 0.3) is 0 Å². The van der Waals surface area contributed by atoms with E-state index in [0.717, 1.165) is 24.6 Å². The Kier molecular flexibility index (Phi) is 12.4. The molecule has 0 saturated heterocycles. The van der Waals surface area contributed by atoms with E-state index in [1.54, 1.807) is 21.3 Å². The van der Waals surface area contributed by atoms with Crippen molar-refractivity contribution in [3.05, 3.63) is 35.4 Å². The first-order valence-corrected chi connectivity index (χ1v) is 11.1. The lowest BCUT2D eigenvalue weighted by molar-refractivity contribution is -0.380. The highest BCUT2D eigenvalue weighted by Crippen LogP contribution is 2.32. The Morgan fingerprint density at radius 1 is 0.808 bits per heavy atom. The van der Waals surface area contributed by atoms with Gasteiger partial charge >= 0.3 is 0 Å². The van der Waals surface area contributed by atoms with Gasteiger partial charge in [-0.25, -0.2) is 0 Å². The molecule has 1 unspecified atom stereocenters. The van der Waals surface area contributed by atoms with Gasteiger partial charge in [0.2, 0.25) is 0 Å². The van der Waals surface area contributed by atoms with E-state index in [0.29, 0.717) is 0 Å². The molecule has 1 aromatic carbocycles. The quantitative estimate of drug-likeness (QED) is 0.182. The number of benzene rings is 1. The zero-order valence-electron chi connectivity index (χ0n) is 17.1. The molecule has 0 aliphatic rings. The van der Waals surface area contributed by atoms with Crippen LogP contribution in [0.4, 0.5) is 0 Å². The van der Waals surface area contributed by atoms with Crippen LogP contribution in [-0.2, 0) is 26.0 Å². The highest BCUT2D eigenvalue weighted by molar-refractivity contribution is 9.08. The van der Waals surface area contributed by atoms with Crippen LogP contribution in [0, 0.1) is 5.92 Å². The molecule has 3 nitrogen and oxygen atoms in total. The Morgan fingerprint density at radius 2 is 1.35 bits per heavy atom. The van der Waals surface area contributed by atoms with Gasteiger partial charge in [0.15, 0.2) is 0 Å². The predicted octanol–water partition coefficient (Wildman–Crippen LogP) is 6.47. The number of hydrogen-bond acceptors (Lipinski definition) is 3. The maximum Gasteiger partial charge on any atom is 0.285 e. The zero-order valence-corrected chi connectivity index (χ0v) is 18.6. The van der Waals surface area contributed by atoms with Crippen molar-refractivity contribution >= 4 is 15.9 Å². The molecule has 1 rings (SSSR count). The molecule has 0 saturated carbocycles. The van der Waals surface area contributed by atoms with Gasteiger partial charge in [-0.15, -0.1) is 0 Å². The molecular weight excluding hydrogens is 392 g/mol. The molecule has 0 aromatic heterocycles. The molecule has 150 valence electrons. The van der Waals surface area contributed by atoms with Crippen molar-refractivity contribution in [1.29, 1.82) is 0 Å². The molecule has 0 aliphatic carbocycles. The third-order valence-electron chi connectivity index (χ3n) is 5.22. The van der Waals surface area contributed by atoms with E-state index in [-0.39, 0.29) is 5.92 Å². The number of unbranched alkanes of at least 4 members (excludes halogenated alkanes) is 5. The standard InChI is InChI=1S/C22H37BrO3/c1-5-6-7-8-9-10-11-21(22(24-2,25-3)26-4)17-16-19-12-14-20(18-23)15-13-19/h12-15,21H,5-11,16-18H2,1-4H3. The Labute approximate surface area is 168 Å². The molecule has 0 amide bonds. The summed E-state index contributed by atoms with van der Waals surface area (Å²) < 4.78 is 17.0. The second kappa shape index (κ2) is 13.7. The van der Waals surface area contributed by atoms with E-state index in [1.165, 1.54) is 49.7 Å². The highest BCUT2D eigenvalue weighted by atomic mass is 79.9. The summed E-state index contributed by atoms with van der Waals surface area (Å²) in [5.74, 6) is -0.733. The van der Waals surface area contributed by atoms with Crippen molar-refractivity contribution < 1.29 is 14.2 Å². The summed E-state index contributed by atoms with van der Waals surface area (Å²) in [4.78, 5) is 0. The van der Waals surface area contributed by atoms with Gasteiger partial charge in [-0.2, -0.15) is 0 Å². The molecule has 4 heteroatoms. The van der Waals surface area contributed by atoms with Crippen molar-refractivity contribution in [3.63, 3.8) is 0 Å². The minimum atomic E-state index is -0.945. The number of rotatable bonds is 15. The molecule has 0 fully saturated rings. The lowest BCUT2D eigenvalue weighted by atomic mass is 9.91. The Morgan fingerprint density at radius 3 is 1.88 bits per heavy atom. The molecule has 0 radical (unpaired) electrons. The lowest BCUT2D eigenvalue weighted by Crippen LogP contribution is -2.44. The van der Waals surface area contributed by atoms with E-state index in [9.17, 15) is 0 Å². The maximum absolute atomic E-state index is 5.67. The predicted molar refractivity (Wildman–Crippen MR) is 113 cm³/mol. The van der Waals surface area contributed by atoms with Crippen LogP contribution in [0.5, 0.6) is 0 Å². The molecule has 0 heterocycles. The summed E-state index contributed by atoms with van der Waals surface area (Å²) in [6.07, 6.45) is 10.8. The third-order valence-corrected chi connectivity index (χ3v) is 5.87. The smallest absolute Gasteiger partial charge is 0.285 e. The van der Waals surface area contributed by atoms with Crippen molar-refractivity contribution in [2.75, 3.05) is 21.3 Å². The first-order valence-electron chi connectivity index (χ1n) is 9.95. The fraction of sp³-hybridized carbons (Fsp3) is 0.727. The molecule has 26 heavy (non-hydrogen) atoms. The normalized spacial score (nSPS) is 13.1. The van der Waals surface area contributed by atoms with E-state index >= 15 is 0 Å². The summed E-state index contributed by atoms with van der Waals surface area (Å²) in [6, 6.07) is 8.80. The zero-order chi connectivity index (χ0) is 19.3. The monoisotopic (exact) mass is 428 g/mol. The van der Waals surface area contributed by atoms with Gasteiger partial charge in [-0.05, 0) is 30.4 Å². The number of methoxy groups -OCH3 is 3. The van der Waals surface area contributed by atoms with Gasteiger partial charge in [0.1, 0.15) is 0 Å². The minimum Gasteiger partial charge on any atom is -0.331 e. The molecule has 0 bridgehead atoms. The second-order valence-electron chi connectivity index (χ2n) is 6.96. The molecule has 1 atom stereocenters. The molecule has 0 aliphatic heterocycles. The molecule has 1 aromatic rings. The maximum atomic E-state index is 5.67. The van der Waals surface area contributed by atoms with Crippen LogP contribution in [0.1, 0.15) is 69.4 Å². The van der Waals surface area contributed by atoms with Crippen LogP contribution in [0.2, 0.25) is 0 Å². The van der Waals surface area contributed by atoms with Crippen LogP contribution >= 0.6 is 15.9 Å². The average Bonchev–Trinajstić information content (AvgIpc) is 2.70. The SMILES string of the molecule is CCCCCCCCC(CCc1ccc(CBr)cc1)C(OC)(OC)OC. The van der Waals surface area contributed by atoms with Crippen LogP contribution in [0.15, 0.2) is 24.3 Å².